The van der Waals surface area contributed by atoms with Gasteiger partial charge in [0.15, 0.2) is 0 Å². The number of rotatable bonds is 7. The number of nitrogens with zero attached hydrogens (tertiary/aromatic N) is 2. The van der Waals surface area contributed by atoms with Gasteiger partial charge in [0.2, 0.25) is 5.88 Å². The summed E-state index contributed by atoms with van der Waals surface area (Å²) in [6, 6.07) is 15.8. The quantitative estimate of drug-likeness (QED) is 0.609. The molecule has 30 heavy (non-hydrogen) atoms. The summed E-state index contributed by atoms with van der Waals surface area (Å²) in [5, 5.41) is 16.6. The Kier molecular flexibility index (Phi) is 5.72. The lowest BCUT2D eigenvalue weighted by atomic mass is 9.77. The van der Waals surface area contributed by atoms with Crippen LogP contribution >= 0.6 is 0 Å². The van der Waals surface area contributed by atoms with Crippen molar-refractivity contribution >= 4 is 5.97 Å². The molecule has 1 heterocycles. The Balaban J connectivity index is 1.44. The third-order valence-electron chi connectivity index (χ3n) is 5.16. The van der Waals surface area contributed by atoms with Gasteiger partial charge in [0.1, 0.15) is 18.2 Å². The monoisotopic (exact) mass is 408 g/mol. The predicted octanol–water partition coefficient (Wildman–Crippen LogP) is 4.73. The second-order valence-electron chi connectivity index (χ2n) is 7.37. The molecule has 0 aliphatic heterocycles. The Morgan fingerprint density at radius 3 is 2.53 bits per heavy atom. The summed E-state index contributed by atoms with van der Waals surface area (Å²) in [5.41, 5.74) is 3.11. The number of hydrogen-bond donors (Lipinski definition) is 1. The van der Waals surface area contributed by atoms with E-state index in [1.54, 1.807) is 24.3 Å². The van der Waals surface area contributed by atoms with Crippen LogP contribution in [0.4, 0.5) is 4.39 Å². The van der Waals surface area contributed by atoms with Crippen molar-refractivity contribution in [1.29, 1.82) is 0 Å². The van der Waals surface area contributed by atoms with Crippen LogP contribution in [0.25, 0.3) is 11.1 Å². The van der Waals surface area contributed by atoms with Crippen LogP contribution in [0.15, 0.2) is 54.6 Å². The molecule has 2 aromatic carbocycles. The standard InChI is InChI=1S/C23H21FN2O4/c1-14-2-9-22(26-25-14)30-18-7-8-21(24)20(12-18)16-5-3-15(4-6-16)17-10-19(11-17)29-13-23(27)28/h2-9,12,17,19H,10-11,13H2,1H3,(H,27,28)/t17-,19+. The zero-order valence-corrected chi connectivity index (χ0v) is 16.4. The normalized spacial score (nSPS) is 17.9. The molecule has 1 fully saturated rings. The van der Waals surface area contributed by atoms with E-state index in [0.717, 1.165) is 29.7 Å². The minimum atomic E-state index is -0.953. The highest BCUT2D eigenvalue weighted by Crippen LogP contribution is 2.39. The van der Waals surface area contributed by atoms with Crippen LogP contribution in [0.5, 0.6) is 11.6 Å². The van der Waals surface area contributed by atoms with Crippen molar-refractivity contribution in [3.8, 4) is 22.8 Å². The average Bonchev–Trinajstić information content (AvgIpc) is 2.70. The number of carboxylic acids is 1. The van der Waals surface area contributed by atoms with Gasteiger partial charge in [-0.15, -0.1) is 5.10 Å². The van der Waals surface area contributed by atoms with Gasteiger partial charge in [0.25, 0.3) is 0 Å². The fourth-order valence-corrected chi connectivity index (χ4v) is 3.45. The van der Waals surface area contributed by atoms with E-state index in [9.17, 15) is 9.18 Å². The van der Waals surface area contributed by atoms with Crippen molar-refractivity contribution in [3.05, 3.63) is 71.7 Å². The maximum absolute atomic E-state index is 14.4. The molecule has 0 unspecified atom stereocenters. The first-order valence-corrected chi connectivity index (χ1v) is 9.69. The SMILES string of the molecule is Cc1ccc(Oc2ccc(F)c(-c3ccc([C@H]4C[C@@H](OCC(=O)O)C4)cc3)c2)nn1. The van der Waals surface area contributed by atoms with E-state index in [1.165, 1.54) is 6.07 Å². The van der Waals surface area contributed by atoms with Gasteiger partial charge in [-0.25, -0.2) is 9.18 Å². The first-order chi connectivity index (χ1) is 14.5. The van der Waals surface area contributed by atoms with Crippen LogP contribution in [0.1, 0.15) is 30.0 Å². The topological polar surface area (TPSA) is 81.5 Å². The molecule has 3 aromatic rings. The molecule has 0 bridgehead atoms. The molecule has 0 amide bonds. The van der Waals surface area contributed by atoms with Crippen molar-refractivity contribution in [3.63, 3.8) is 0 Å². The van der Waals surface area contributed by atoms with Crippen LogP contribution in [0.3, 0.4) is 0 Å². The van der Waals surface area contributed by atoms with Crippen LogP contribution in [0, 0.1) is 12.7 Å². The van der Waals surface area contributed by atoms with Crippen molar-refractivity contribution < 1.29 is 23.8 Å². The lowest BCUT2D eigenvalue weighted by molar-refractivity contribution is -0.146. The molecule has 1 N–H and O–H groups in total. The average molecular weight is 408 g/mol. The Labute approximate surface area is 173 Å². The Morgan fingerprint density at radius 1 is 1.10 bits per heavy atom. The maximum atomic E-state index is 14.4. The summed E-state index contributed by atoms with van der Waals surface area (Å²) in [4.78, 5) is 10.6. The van der Waals surface area contributed by atoms with E-state index in [1.807, 2.05) is 31.2 Å². The molecular weight excluding hydrogens is 387 g/mol. The van der Waals surface area contributed by atoms with Gasteiger partial charge in [-0.3, -0.25) is 0 Å². The smallest absolute Gasteiger partial charge is 0.329 e. The molecule has 0 spiro atoms. The Bertz CT molecular complexity index is 1030. The molecule has 154 valence electrons. The summed E-state index contributed by atoms with van der Waals surface area (Å²) >= 11 is 0. The molecule has 7 heteroatoms. The predicted molar refractivity (Wildman–Crippen MR) is 108 cm³/mol. The fraction of sp³-hybridized carbons (Fsp3) is 0.261. The molecule has 0 saturated heterocycles. The minimum absolute atomic E-state index is 0.0121. The third kappa shape index (κ3) is 4.63. The van der Waals surface area contributed by atoms with Crippen LogP contribution in [-0.2, 0) is 9.53 Å². The van der Waals surface area contributed by atoms with Crippen molar-refractivity contribution in [1.82, 2.24) is 10.2 Å². The second kappa shape index (κ2) is 8.59. The fourth-order valence-electron chi connectivity index (χ4n) is 3.45. The second-order valence-corrected chi connectivity index (χ2v) is 7.37. The lowest BCUT2D eigenvalue weighted by Crippen LogP contribution is -2.31. The highest BCUT2D eigenvalue weighted by atomic mass is 19.1. The number of aromatic nitrogens is 2. The molecule has 0 atom stereocenters. The number of benzene rings is 2. The van der Waals surface area contributed by atoms with Crippen molar-refractivity contribution in [2.45, 2.75) is 31.8 Å². The van der Waals surface area contributed by atoms with E-state index >= 15 is 0 Å². The minimum Gasteiger partial charge on any atom is -0.480 e. The number of halogens is 1. The van der Waals surface area contributed by atoms with Crippen molar-refractivity contribution in [2.75, 3.05) is 6.61 Å². The zero-order chi connectivity index (χ0) is 21.1. The number of hydrogen-bond acceptors (Lipinski definition) is 5. The van der Waals surface area contributed by atoms with Gasteiger partial charge in [-0.1, -0.05) is 24.3 Å². The summed E-state index contributed by atoms with van der Waals surface area (Å²) in [6.45, 7) is 1.57. The lowest BCUT2D eigenvalue weighted by Gasteiger charge is -2.35. The zero-order valence-electron chi connectivity index (χ0n) is 16.4. The van der Waals surface area contributed by atoms with E-state index in [2.05, 4.69) is 10.2 Å². The van der Waals surface area contributed by atoms with E-state index < -0.39 is 5.97 Å². The van der Waals surface area contributed by atoms with Crippen LogP contribution < -0.4 is 4.74 Å². The van der Waals surface area contributed by atoms with Crippen LogP contribution in [-0.4, -0.2) is 34.0 Å². The molecule has 4 rings (SSSR count). The molecule has 0 radical (unpaired) electrons. The summed E-state index contributed by atoms with van der Waals surface area (Å²) in [7, 11) is 0. The van der Waals surface area contributed by atoms with Gasteiger partial charge in [0, 0.05) is 11.6 Å². The van der Waals surface area contributed by atoms with Gasteiger partial charge >= 0.3 is 5.97 Å². The highest BCUT2D eigenvalue weighted by Gasteiger charge is 2.31. The summed E-state index contributed by atoms with van der Waals surface area (Å²) in [5.74, 6) is -0.136. The number of aryl methyl sites for hydroxylation is 1. The molecule has 1 aliphatic rings. The van der Waals surface area contributed by atoms with E-state index in [0.29, 0.717) is 23.1 Å². The molecular formula is C23H21FN2O4. The first kappa shape index (κ1) is 20.0. The Hall–Kier alpha value is -3.32. The van der Waals surface area contributed by atoms with E-state index in [-0.39, 0.29) is 18.5 Å². The van der Waals surface area contributed by atoms with Crippen LogP contribution in [0.2, 0.25) is 0 Å². The highest BCUT2D eigenvalue weighted by molar-refractivity contribution is 5.68. The number of carbonyl (C=O) groups is 1. The molecule has 6 nitrogen and oxygen atoms in total. The van der Waals surface area contributed by atoms with Gasteiger partial charge in [0.05, 0.1) is 11.8 Å². The number of ether oxygens (including phenoxy) is 2. The van der Waals surface area contributed by atoms with E-state index in [4.69, 9.17) is 14.6 Å². The summed E-state index contributed by atoms with van der Waals surface area (Å²) in [6.07, 6.45) is 1.57. The Morgan fingerprint density at radius 2 is 1.87 bits per heavy atom. The van der Waals surface area contributed by atoms with Gasteiger partial charge < -0.3 is 14.6 Å². The molecule has 1 aromatic heterocycles. The third-order valence-corrected chi connectivity index (χ3v) is 5.16. The van der Waals surface area contributed by atoms with Gasteiger partial charge in [-0.05, 0) is 61.1 Å². The maximum Gasteiger partial charge on any atom is 0.329 e. The number of aliphatic carboxylic acids is 1. The number of carboxylic acid groups (broad SMARTS) is 1. The van der Waals surface area contributed by atoms with Crippen molar-refractivity contribution in [2.24, 2.45) is 0 Å². The first-order valence-electron chi connectivity index (χ1n) is 9.69. The molecule has 1 aliphatic carbocycles. The van der Waals surface area contributed by atoms with Gasteiger partial charge in [-0.2, -0.15) is 5.10 Å². The summed E-state index contributed by atoms with van der Waals surface area (Å²) < 4.78 is 25.4. The largest absolute Gasteiger partial charge is 0.480 e. The molecule has 1 saturated carbocycles.